The molecule has 1 saturated heterocycles. The fraction of sp³-hybridized carbons (Fsp3) is 0.346. The molecule has 2 heterocycles. The van der Waals surface area contributed by atoms with Crippen LogP contribution in [0, 0.1) is 0 Å². The molecule has 1 aliphatic rings. The Hall–Kier alpha value is -2.77. The van der Waals surface area contributed by atoms with Crippen LogP contribution in [0.2, 0.25) is 0 Å². The van der Waals surface area contributed by atoms with Gasteiger partial charge in [-0.05, 0) is 43.1 Å². The summed E-state index contributed by atoms with van der Waals surface area (Å²) < 4.78 is 0. The minimum absolute atomic E-state index is 0.167. The van der Waals surface area contributed by atoms with Gasteiger partial charge in [0.05, 0.1) is 5.01 Å². The molecular formula is C26H30N4OS2. The highest BCUT2D eigenvalue weighted by molar-refractivity contribution is 7.80. The van der Waals surface area contributed by atoms with E-state index < -0.39 is 0 Å². The lowest BCUT2D eigenvalue weighted by Gasteiger charge is -2.33. The first-order chi connectivity index (χ1) is 16.2. The second-order valence-corrected chi connectivity index (χ2v) is 9.56. The lowest BCUT2D eigenvalue weighted by Crippen LogP contribution is -2.44. The Balaban J connectivity index is 1.36. The molecule has 7 heteroatoms. The van der Waals surface area contributed by atoms with Gasteiger partial charge in [0.25, 0.3) is 5.91 Å². The SMILES string of the molecule is CCCCNC(=S)N1CCC(c2nc(C(=O)Nc3ccccc3-c3ccccc3)cs2)CC1. The number of aromatic nitrogens is 1. The van der Waals surface area contributed by atoms with E-state index in [1.165, 1.54) is 0 Å². The molecule has 0 aliphatic carbocycles. The van der Waals surface area contributed by atoms with Crippen molar-refractivity contribution in [3.8, 4) is 11.1 Å². The van der Waals surface area contributed by atoms with E-state index in [1.54, 1.807) is 11.3 Å². The standard InChI is InChI=1S/C26H30N4OS2/c1-2-3-15-27-26(32)30-16-13-20(14-17-30)25-29-23(18-33-25)24(31)28-22-12-8-7-11-21(22)19-9-5-4-6-10-19/h4-12,18,20H,2-3,13-17H2,1H3,(H,27,32)(H,28,31). The number of thiocarbonyl (C=S) groups is 1. The van der Waals surface area contributed by atoms with Crippen molar-refractivity contribution in [2.24, 2.45) is 0 Å². The molecular weight excluding hydrogens is 448 g/mol. The highest BCUT2D eigenvalue weighted by Gasteiger charge is 2.25. The lowest BCUT2D eigenvalue weighted by molar-refractivity contribution is 0.102. The van der Waals surface area contributed by atoms with Gasteiger partial charge in [0.1, 0.15) is 5.69 Å². The van der Waals surface area contributed by atoms with E-state index in [2.05, 4.69) is 22.5 Å². The largest absolute Gasteiger partial charge is 0.363 e. The number of nitrogens with zero attached hydrogens (tertiary/aromatic N) is 2. The van der Waals surface area contributed by atoms with Gasteiger partial charge in [-0.2, -0.15) is 0 Å². The second kappa shape index (κ2) is 11.4. The van der Waals surface area contributed by atoms with Gasteiger partial charge in [-0.15, -0.1) is 11.3 Å². The number of carbonyl (C=O) groups is 1. The van der Waals surface area contributed by atoms with Crippen LogP contribution in [0.4, 0.5) is 5.69 Å². The predicted molar refractivity (Wildman–Crippen MR) is 141 cm³/mol. The van der Waals surface area contributed by atoms with Crippen LogP contribution in [0.15, 0.2) is 60.0 Å². The zero-order valence-corrected chi connectivity index (χ0v) is 20.6. The average Bonchev–Trinajstić information content (AvgIpc) is 3.36. The topological polar surface area (TPSA) is 57.3 Å². The first-order valence-corrected chi connectivity index (χ1v) is 12.9. The molecule has 0 bridgehead atoms. The Morgan fingerprint density at radius 2 is 1.85 bits per heavy atom. The van der Waals surface area contributed by atoms with Crippen LogP contribution in [0.5, 0.6) is 0 Å². The van der Waals surface area contributed by atoms with Crippen molar-refractivity contribution < 1.29 is 4.79 Å². The molecule has 2 aromatic carbocycles. The summed E-state index contributed by atoms with van der Waals surface area (Å²) >= 11 is 7.12. The van der Waals surface area contributed by atoms with E-state index in [-0.39, 0.29) is 5.91 Å². The number of nitrogens with one attached hydrogen (secondary N) is 2. The van der Waals surface area contributed by atoms with E-state index in [0.29, 0.717) is 11.6 Å². The highest BCUT2D eigenvalue weighted by Crippen LogP contribution is 2.31. The molecule has 5 nitrogen and oxygen atoms in total. The summed E-state index contributed by atoms with van der Waals surface area (Å²) in [5.41, 5.74) is 3.34. The first kappa shape index (κ1) is 23.4. The van der Waals surface area contributed by atoms with Crippen molar-refractivity contribution in [3.63, 3.8) is 0 Å². The molecule has 2 N–H and O–H groups in total. The predicted octanol–water partition coefficient (Wildman–Crippen LogP) is 5.92. The van der Waals surface area contributed by atoms with E-state index in [9.17, 15) is 4.79 Å². The highest BCUT2D eigenvalue weighted by atomic mass is 32.1. The number of thiazole rings is 1. The van der Waals surface area contributed by atoms with Gasteiger partial charge in [-0.1, -0.05) is 61.9 Å². The third-order valence-corrected chi connectivity index (χ3v) is 7.36. The van der Waals surface area contributed by atoms with Gasteiger partial charge in [0, 0.05) is 42.2 Å². The van der Waals surface area contributed by atoms with E-state index in [4.69, 9.17) is 17.2 Å². The van der Waals surface area contributed by atoms with E-state index in [0.717, 1.165) is 72.3 Å². The number of hydrogen-bond donors (Lipinski definition) is 2. The van der Waals surface area contributed by atoms with Crippen molar-refractivity contribution in [1.82, 2.24) is 15.2 Å². The Kier molecular flexibility index (Phi) is 8.07. The van der Waals surface area contributed by atoms with Crippen LogP contribution in [0.1, 0.15) is 54.0 Å². The maximum absolute atomic E-state index is 13.0. The number of rotatable bonds is 7. The zero-order chi connectivity index (χ0) is 23.0. The molecule has 1 aromatic heterocycles. The number of para-hydroxylation sites is 1. The lowest BCUT2D eigenvalue weighted by atomic mass is 9.98. The van der Waals surface area contributed by atoms with Gasteiger partial charge in [-0.3, -0.25) is 4.79 Å². The molecule has 4 rings (SSSR count). The van der Waals surface area contributed by atoms with Crippen LogP contribution in [-0.4, -0.2) is 40.5 Å². The van der Waals surface area contributed by atoms with Crippen molar-refractivity contribution >= 4 is 40.3 Å². The van der Waals surface area contributed by atoms with Crippen molar-refractivity contribution in [2.75, 3.05) is 25.0 Å². The number of benzene rings is 2. The van der Waals surface area contributed by atoms with Crippen LogP contribution in [0.25, 0.3) is 11.1 Å². The molecule has 3 aromatic rings. The van der Waals surface area contributed by atoms with Crippen LogP contribution >= 0.6 is 23.6 Å². The first-order valence-electron chi connectivity index (χ1n) is 11.6. The minimum atomic E-state index is -0.167. The van der Waals surface area contributed by atoms with Crippen molar-refractivity contribution in [3.05, 3.63) is 70.7 Å². The number of amides is 1. The summed E-state index contributed by atoms with van der Waals surface area (Å²) in [5.74, 6) is 0.211. The average molecular weight is 479 g/mol. The number of anilines is 1. The number of piperidine rings is 1. The Bertz CT molecular complexity index is 1070. The van der Waals surface area contributed by atoms with Crippen LogP contribution in [-0.2, 0) is 0 Å². The molecule has 0 spiro atoms. The fourth-order valence-electron chi connectivity index (χ4n) is 4.04. The van der Waals surface area contributed by atoms with Gasteiger partial charge in [-0.25, -0.2) is 4.98 Å². The molecule has 1 aliphatic heterocycles. The van der Waals surface area contributed by atoms with E-state index in [1.807, 2.05) is 60.0 Å². The molecule has 0 saturated carbocycles. The number of likely N-dealkylation sites (tertiary alicyclic amines) is 1. The Labute approximate surface area is 205 Å². The fourth-order valence-corrected chi connectivity index (χ4v) is 5.30. The quantitative estimate of drug-likeness (QED) is 0.326. The van der Waals surface area contributed by atoms with Crippen molar-refractivity contribution in [2.45, 2.75) is 38.5 Å². The maximum Gasteiger partial charge on any atom is 0.275 e. The van der Waals surface area contributed by atoms with Gasteiger partial charge < -0.3 is 15.5 Å². The van der Waals surface area contributed by atoms with Gasteiger partial charge in [0.15, 0.2) is 5.11 Å². The molecule has 0 unspecified atom stereocenters. The monoisotopic (exact) mass is 478 g/mol. The zero-order valence-electron chi connectivity index (χ0n) is 18.9. The molecule has 1 fully saturated rings. The third-order valence-electron chi connectivity index (χ3n) is 5.95. The Morgan fingerprint density at radius 3 is 2.61 bits per heavy atom. The molecule has 1 amide bonds. The maximum atomic E-state index is 13.0. The normalized spacial score (nSPS) is 14.2. The second-order valence-electron chi connectivity index (χ2n) is 8.28. The molecule has 0 radical (unpaired) electrons. The number of unbranched alkanes of at least 4 members (excludes halogenated alkanes) is 1. The van der Waals surface area contributed by atoms with Gasteiger partial charge >= 0.3 is 0 Å². The number of hydrogen-bond acceptors (Lipinski definition) is 4. The minimum Gasteiger partial charge on any atom is -0.363 e. The van der Waals surface area contributed by atoms with Crippen LogP contribution < -0.4 is 10.6 Å². The van der Waals surface area contributed by atoms with Gasteiger partial charge in [0.2, 0.25) is 0 Å². The summed E-state index contributed by atoms with van der Waals surface area (Å²) in [5, 5.41) is 10.2. The Morgan fingerprint density at radius 1 is 1.12 bits per heavy atom. The number of carbonyl (C=O) groups excluding carboxylic acids is 1. The summed E-state index contributed by atoms with van der Waals surface area (Å²) in [7, 11) is 0. The third kappa shape index (κ3) is 5.97. The molecule has 0 atom stereocenters. The van der Waals surface area contributed by atoms with E-state index >= 15 is 0 Å². The summed E-state index contributed by atoms with van der Waals surface area (Å²) in [4.78, 5) is 19.9. The van der Waals surface area contributed by atoms with Crippen LogP contribution in [0.3, 0.4) is 0 Å². The smallest absolute Gasteiger partial charge is 0.275 e. The van der Waals surface area contributed by atoms with Crippen molar-refractivity contribution in [1.29, 1.82) is 0 Å². The summed E-state index contributed by atoms with van der Waals surface area (Å²) in [6.07, 6.45) is 4.30. The molecule has 172 valence electrons. The molecule has 33 heavy (non-hydrogen) atoms. The summed E-state index contributed by atoms with van der Waals surface area (Å²) in [6.45, 7) is 4.97. The summed E-state index contributed by atoms with van der Waals surface area (Å²) in [6, 6.07) is 17.9.